The summed E-state index contributed by atoms with van der Waals surface area (Å²) in [6, 6.07) is 4.44. The van der Waals surface area contributed by atoms with E-state index in [4.69, 9.17) is 9.15 Å². The summed E-state index contributed by atoms with van der Waals surface area (Å²) in [5.74, 6) is 1.09. The molecule has 0 bridgehead atoms. The predicted molar refractivity (Wildman–Crippen MR) is 95.2 cm³/mol. The molecule has 2 rings (SSSR count). The third-order valence-corrected chi connectivity index (χ3v) is 3.74. The lowest BCUT2D eigenvalue weighted by atomic mass is 10.1. The van der Waals surface area contributed by atoms with Gasteiger partial charge in [-0.05, 0) is 25.1 Å². The molecule has 9 heteroatoms. The maximum absolute atomic E-state index is 12.6. The zero-order valence-corrected chi connectivity index (χ0v) is 15.3. The highest BCUT2D eigenvalue weighted by molar-refractivity contribution is 5.97. The second-order valence-corrected chi connectivity index (χ2v) is 5.38. The van der Waals surface area contributed by atoms with Gasteiger partial charge in [0, 0.05) is 25.6 Å². The van der Waals surface area contributed by atoms with E-state index < -0.39 is 0 Å². The highest BCUT2D eigenvalue weighted by Crippen LogP contribution is 2.26. The molecule has 0 saturated heterocycles. The van der Waals surface area contributed by atoms with Gasteiger partial charge in [-0.1, -0.05) is 6.92 Å². The first-order chi connectivity index (χ1) is 12.5. The third kappa shape index (κ3) is 4.50. The fourth-order valence-electron chi connectivity index (χ4n) is 2.27. The van der Waals surface area contributed by atoms with Gasteiger partial charge < -0.3 is 24.7 Å². The van der Waals surface area contributed by atoms with E-state index >= 15 is 0 Å². The summed E-state index contributed by atoms with van der Waals surface area (Å²) in [5.41, 5.74) is 0.813. The second kappa shape index (κ2) is 8.84. The number of carbonyl (C=O) groups excluding carboxylic acids is 2. The van der Waals surface area contributed by atoms with Crippen LogP contribution in [0.4, 0.5) is 10.5 Å². The van der Waals surface area contributed by atoms with Crippen LogP contribution in [0.3, 0.4) is 0 Å². The van der Waals surface area contributed by atoms with Crippen LogP contribution in [-0.2, 0) is 13.0 Å². The molecule has 26 heavy (non-hydrogen) atoms. The van der Waals surface area contributed by atoms with Crippen LogP contribution in [0.25, 0.3) is 0 Å². The van der Waals surface area contributed by atoms with Crippen LogP contribution in [0.2, 0.25) is 0 Å². The molecule has 0 saturated carbocycles. The monoisotopic (exact) mass is 361 g/mol. The zero-order valence-electron chi connectivity index (χ0n) is 15.3. The fraction of sp³-hybridized carbons (Fsp3) is 0.412. The minimum Gasteiger partial charge on any atom is -0.495 e. The van der Waals surface area contributed by atoms with Crippen LogP contribution in [0.15, 0.2) is 22.6 Å². The number of methoxy groups -OCH3 is 1. The first-order valence-electron chi connectivity index (χ1n) is 8.29. The van der Waals surface area contributed by atoms with E-state index in [-0.39, 0.29) is 18.5 Å². The first-order valence-corrected chi connectivity index (χ1v) is 8.29. The lowest BCUT2D eigenvalue weighted by molar-refractivity contribution is 0.0963. The maximum atomic E-state index is 12.6. The van der Waals surface area contributed by atoms with Crippen LogP contribution in [-0.4, -0.2) is 47.7 Å². The smallest absolute Gasteiger partial charge is 0.322 e. The molecule has 0 atom stereocenters. The normalized spacial score (nSPS) is 10.3. The van der Waals surface area contributed by atoms with E-state index in [0.717, 1.165) is 0 Å². The van der Waals surface area contributed by atoms with E-state index in [2.05, 4.69) is 20.8 Å². The Morgan fingerprint density at radius 3 is 2.54 bits per heavy atom. The molecule has 9 nitrogen and oxygen atoms in total. The Bertz CT molecular complexity index is 774. The number of nitrogens with zero attached hydrogens (tertiary/aromatic N) is 3. The van der Waals surface area contributed by atoms with Gasteiger partial charge in [-0.15, -0.1) is 10.2 Å². The predicted octanol–water partition coefficient (Wildman–Crippen LogP) is 2.05. The Morgan fingerprint density at radius 1 is 1.23 bits per heavy atom. The molecule has 2 aromatic rings. The zero-order chi connectivity index (χ0) is 19.1. The Kier molecular flexibility index (Phi) is 6.54. The standard InChI is InChI=1S/C17H23N5O4/c1-5-14-20-21-15(26-14)10-22(6-2)17(24)19-12-9-11(16(23)18-3)7-8-13(12)25-4/h7-9H,5-6,10H2,1-4H3,(H,18,23)(H,19,24). The van der Waals surface area contributed by atoms with E-state index in [1.807, 2.05) is 13.8 Å². The number of nitrogens with one attached hydrogen (secondary N) is 2. The van der Waals surface area contributed by atoms with Gasteiger partial charge in [0.1, 0.15) is 12.3 Å². The molecule has 0 unspecified atom stereocenters. The minimum absolute atomic E-state index is 0.187. The number of carbonyl (C=O) groups is 2. The Balaban J connectivity index is 2.16. The Hall–Kier alpha value is -3.10. The molecular weight excluding hydrogens is 338 g/mol. The molecule has 2 N–H and O–H groups in total. The number of urea groups is 1. The summed E-state index contributed by atoms with van der Waals surface area (Å²) in [6.45, 7) is 4.38. The molecule has 0 spiro atoms. The van der Waals surface area contributed by atoms with E-state index in [0.29, 0.717) is 41.7 Å². The molecule has 1 aromatic carbocycles. The van der Waals surface area contributed by atoms with Crippen molar-refractivity contribution in [1.82, 2.24) is 20.4 Å². The molecule has 3 amide bonds. The van der Waals surface area contributed by atoms with E-state index in [1.165, 1.54) is 12.0 Å². The van der Waals surface area contributed by atoms with Crippen molar-refractivity contribution in [2.75, 3.05) is 26.0 Å². The van der Waals surface area contributed by atoms with Gasteiger partial charge in [0.25, 0.3) is 5.91 Å². The summed E-state index contributed by atoms with van der Waals surface area (Å²) >= 11 is 0. The average Bonchev–Trinajstić information content (AvgIpc) is 3.13. The molecule has 0 radical (unpaired) electrons. The van der Waals surface area contributed by atoms with Gasteiger partial charge in [0.05, 0.1) is 12.8 Å². The van der Waals surface area contributed by atoms with Crippen molar-refractivity contribution in [3.05, 3.63) is 35.5 Å². The maximum Gasteiger partial charge on any atom is 0.322 e. The number of hydrogen-bond acceptors (Lipinski definition) is 6. The Labute approximate surface area is 151 Å². The van der Waals surface area contributed by atoms with Crippen molar-refractivity contribution >= 4 is 17.6 Å². The van der Waals surface area contributed by atoms with Gasteiger partial charge >= 0.3 is 6.03 Å². The average molecular weight is 361 g/mol. The topological polar surface area (TPSA) is 110 Å². The second-order valence-electron chi connectivity index (χ2n) is 5.38. The highest BCUT2D eigenvalue weighted by Gasteiger charge is 2.18. The number of hydrogen-bond donors (Lipinski definition) is 2. The van der Waals surface area contributed by atoms with Crippen LogP contribution in [0.1, 0.15) is 36.0 Å². The third-order valence-electron chi connectivity index (χ3n) is 3.74. The van der Waals surface area contributed by atoms with Crippen LogP contribution < -0.4 is 15.4 Å². The molecular formula is C17H23N5O4. The SMILES string of the molecule is CCc1nnc(CN(CC)C(=O)Nc2cc(C(=O)NC)ccc2OC)o1. The number of aromatic nitrogens is 2. The molecule has 0 aliphatic carbocycles. The summed E-state index contributed by atoms with van der Waals surface area (Å²) in [4.78, 5) is 25.9. The van der Waals surface area contributed by atoms with Crippen molar-refractivity contribution in [2.24, 2.45) is 0 Å². The number of rotatable bonds is 7. The summed E-state index contributed by atoms with van der Waals surface area (Å²) in [6.07, 6.45) is 0.634. The van der Waals surface area contributed by atoms with Crippen molar-refractivity contribution in [3.8, 4) is 5.75 Å². The lowest BCUT2D eigenvalue weighted by Crippen LogP contribution is -2.34. The first kappa shape index (κ1) is 19.2. The minimum atomic E-state index is -0.365. The van der Waals surface area contributed by atoms with Crippen molar-refractivity contribution in [3.63, 3.8) is 0 Å². The number of anilines is 1. The highest BCUT2D eigenvalue weighted by atomic mass is 16.5. The van der Waals surface area contributed by atoms with Crippen molar-refractivity contribution in [1.29, 1.82) is 0 Å². The van der Waals surface area contributed by atoms with Gasteiger partial charge in [0.2, 0.25) is 11.8 Å². The molecule has 1 aromatic heterocycles. The summed E-state index contributed by atoms with van der Waals surface area (Å²) < 4.78 is 10.7. The number of aryl methyl sites for hydroxylation is 1. The fourth-order valence-corrected chi connectivity index (χ4v) is 2.27. The molecule has 0 aliphatic rings. The van der Waals surface area contributed by atoms with Gasteiger partial charge in [-0.3, -0.25) is 4.79 Å². The molecule has 0 fully saturated rings. The summed E-state index contributed by atoms with van der Waals surface area (Å²) in [5, 5.41) is 13.1. The van der Waals surface area contributed by atoms with Crippen molar-refractivity contribution in [2.45, 2.75) is 26.8 Å². The van der Waals surface area contributed by atoms with Gasteiger partial charge in [-0.2, -0.15) is 0 Å². The Morgan fingerprint density at radius 2 is 1.96 bits per heavy atom. The molecule has 1 heterocycles. The summed E-state index contributed by atoms with van der Waals surface area (Å²) in [7, 11) is 3.03. The molecule has 0 aliphatic heterocycles. The number of benzene rings is 1. The van der Waals surface area contributed by atoms with Crippen LogP contribution in [0, 0.1) is 0 Å². The number of ether oxygens (including phenoxy) is 1. The van der Waals surface area contributed by atoms with E-state index in [9.17, 15) is 9.59 Å². The largest absolute Gasteiger partial charge is 0.495 e. The van der Waals surface area contributed by atoms with E-state index in [1.54, 1.807) is 25.2 Å². The quantitative estimate of drug-likeness (QED) is 0.781. The molecule has 140 valence electrons. The van der Waals surface area contributed by atoms with Crippen LogP contribution in [0.5, 0.6) is 5.75 Å². The van der Waals surface area contributed by atoms with Crippen LogP contribution >= 0.6 is 0 Å². The number of amides is 3. The van der Waals surface area contributed by atoms with Crippen molar-refractivity contribution < 1.29 is 18.7 Å². The lowest BCUT2D eigenvalue weighted by Gasteiger charge is -2.20. The van der Waals surface area contributed by atoms with Gasteiger partial charge in [-0.25, -0.2) is 4.79 Å². The van der Waals surface area contributed by atoms with Gasteiger partial charge in [0.15, 0.2) is 0 Å².